The van der Waals surface area contributed by atoms with Gasteiger partial charge in [-0.2, -0.15) is 9.97 Å². The quantitative estimate of drug-likeness (QED) is 0.229. The predicted octanol–water partition coefficient (Wildman–Crippen LogP) is 8.36. The zero-order chi connectivity index (χ0) is 25.8. The Hall–Kier alpha value is -5.42. The Morgan fingerprint density at radius 1 is 0.436 bits per heavy atom. The van der Waals surface area contributed by atoms with E-state index in [9.17, 15) is 0 Å². The SMILES string of the molecule is c1ccc(-c2nc(-c3ccccc3)nc(N3c4ccccc4-c4nc5ccccc5c5cccc3c45)n2)cc1. The molecule has 5 aromatic carbocycles. The molecule has 2 aromatic heterocycles. The van der Waals surface area contributed by atoms with Gasteiger partial charge in [0.25, 0.3) is 0 Å². The van der Waals surface area contributed by atoms with Crippen molar-refractivity contribution in [1.29, 1.82) is 0 Å². The van der Waals surface area contributed by atoms with Gasteiger partial charge in [-0.05, 0) is 23.6 Å². The normalized spacial score (nSPS) is 12.1. The van der Waals surface area contributed by atoms with E-state index in [1.165, 1.54) is 0 Å². The van der Waals surface area contributed by atoms with Gasteiger partial charge in [0.1, 0.15) is 0 Å². The van der Waals surface area contributed by atoms with Crippen molar-refractivity contribution in [2.45, 2.75) is 0 Å². The van der Waals surface area contributed by atoms with E-state index >= 15 is 0 Å². The van der Waals surface area contributed by atoms with Gasteiger partial charge in [0, 0.05) is 27.5 Å². The molecule has 3 heterocycles. The minimum atomic E-state index is 0.571. The zero-order valence-electron chi connectivity index (χ0n) is 20.9. The number of anilines is 3. The summed E-state index contributed by atoms with van der Waals surface area (Å²) in [4.78, 5) is 22.3. The number of para-hydroxylation sites is 2. The van der Waals surface area contributed by atoms with Crippen molar-refractivity contribution < 1.29 is 0 Å². The molecule has 0 N–H and O–H groups in total. The van der Waals surface area contributed by atoms with Crippen molar-refractivity contribution >= 4 is 39.0 Å². The number of nitrogens with zero attached hydrogens (tertiary/aromatic N) is 5. The maximum absolute atomic E-state index is 5.15. The molecular weight excluding hydrogens is 478 g/mol. The lowest BCUT2D eigenvalue weighted by atomic mass is 9.93. The Morgan fingerprint density at radius 2 is 1.03 bits per heavy atom. The molecule has 7 aromatic rings. The minimum Gasteiger partial charge on any atom is -0.278 e. The average molecular weight is 500 g/mol. The van der Waals surface area contributed by atoms with Crippen LogP contribution in [0.15, 0.2) is 127 Å². The molecule has 5 nitrogen and oxygen atoms in total. The highest BCUT2D eigenvalue weighted by molar-refractivity contribution is 6.19. The van der Waals surface area contributed by atoms with Gasteiger partial charge in [0.05, 0.1) is 22.6 Å². The molecule has 0 saturated heterocycles. The molecule has 0 spiro atoms. The van der Waals surface area contributed by atoms with Crippen LogP contribution in [-0.2, 0) is 0 Å². The second kappa shape index (κ2) is 8.57. The molecule has 0 fully saturated rings. The van der Waals surface area contributed by atoms with Gasteiger partial charge in [0.15, 0.2) is 11.6 Å². The molecule has 1 aliphatic rings. The summed E-state index contributed by atoms with van der Waals surface area (Å²) in [6.07, 6.45) is 0. The number of hydrogen-bond acceptors (Lipinski definition) is 5. The van der Waals surface area contributed by atoms with Crippen molar-refractivity contribution in [2.24, 2.45) is 0 Å². The summed E-state index contributed by atoms with van der Waals surface area (Å²) >= 11 is 0. The lowest BCUT2D eigenvalue weighted by Gasteiger charge is -2.31. The summed E-state index contributed by atoms with van der Waals surface area (Å²) in [6.45, 7) is 0. The van der Waals surface area contributed by atoms with Crippen LogP contribution in [0.5, 0.6) is 0 Å². The van der Waals surface area contributed by atoms with Crippen LogP contribution < -0.4 is 4.90 Å². The molecular formula is C34H21N5. The number of pyridine rings is 1. The van der Waals surface area contributed by atoms with Crippen molar-refractivity contribution in [2.75, 3.05) is 4.90 Å². The summed E-state index contributed by atoms with van der Waals surface area (Å²) < 4.78 is 0. The Morgan fingerprint density at radius 3 is 1.77 bits per heavy atom. The molecule has 0 radical (unpaired) electrons. The Balaban J connectivity index is 1.46. The van der Waals surface area contributed by atoms with E-state index in [1.807, 2.05) is 66.7 Å². The summed E-state index contributed by atoms with van der Waals surface area (Å²) in [6, 6.07) is 43.2. The molecule has 0 aliphatic carbocycles. The van der Waals surface area contributed by atoms with E-state index in [2.05, 4.69) is 65.6 Å². The van der Waals surface area contributed by atoms with Crippen molar-refractivity contribution in [3.05, 3.63) is 127 Å². The summed E-state index contributed by atoms with van der Waals surface area (Å²) in [7, 11) is 0. The van der Waals surface area contributed by atoms with Gasteiger partial charge in [0.2, 0.25) is 5.95 Å². The monoisotopic (exact) mass is 499 g/mol. The maximum atomic E-state index is 5.15. The van der Waals surface area contributed by atoms with Gasteiger partial charge in [-0.1, -0.05) is 109 Å². The molecule has 5 heteroatoms. The average Bonchev–Trinajstić information content (AvgIpc) is 3.02. The fraction of sp³-hybridized carbons (Fsp3) is 0. The molecule has 0 amide bonds. The van der Waals surface area contributed by atoms with Crippen LogP contribution in [0.1, 0.15) is 0 Å². The highest BCUT2D eigenvalue weighted by Gasteiger charge is 2.30. The minimum absolute atomic E-state index is 0.571. The van der Waals surface area contributed by atoms with Gasteiger partial charge in [-0.3, -0.25) is 4.90 Å². The Labute approximate surface area is 225 Å². The molecule has 0 unspecified atom stereocenters. The van der Waals surface area contributed by atoms with Gasteiger partial charge >= 0.3 is 0 Å². The van der Waals surface area contributed by atoms with E-state index in [0.717, 1.165) is 55.4 Å². The van der Waals surface area contributed by atoms with Crippen LogP contribution in [0.25, 0.3) is 55.7 Å². The van der Waals surface area contributed by atoms with E-state index in [0.29, 0.717) is 17.6 Å². The first-order chi connectivity index (χ1) is 19.3. The number of benzene rings is 5. The molecule has 1 aliphatic heterocycles. The third kappa shape index (κ3) is 3.41. The van der Waals surface area contributed by atoms with E-state index in [-0.39, 0.29) is 0 Å². The fourth-order valence-electron chi connectivity index (χ4n) is 5.48. The maximum Gasteiger partial charge on any atom is 0.238 e. The second-order valence-corrected chi connectivity index (χ2v) is 9.54. The van der Waals surface area contributed by atoms with Gasteiger partial charge < -0.3 is 0 Å². The third-order valence-corrected chi connectivity index (χ3v) is 7.23. The molecule has 182 valence electrons. The number of hydrogen-bond donors (Lipinski definition) is 0. The molecule has 0 saturated carbocycles. The smallest absolute Gasteiger partial charge is 0.238 e. The highest BCUT2D eigenvalue weighted by atomic mass is 15.3. The number of rotatable bonds is 3. The van der Waals surface area contributed by atoms with Crippen LogP contribution >= 0.6 is 0 Å². The Kier molecular flexibility index (Phi) is 4.76. The largest absolute Gasteiger partial charge is 0.278 e. The van der Waals surface area contributed by atoms with Crippen molar-refractivity contribution in [3.63, 3.8) is 0 Å². The van der Waals surface area contributed by atoms with Crippen molar-refractivity contribution in [3.8, 4) is 34.0 Å². The first kappa shape index (κ1) is 21.6. The van der Waals surface area contributed by atoms with Crippen LogP contribution in [0.3, 0.4) is 0 Å². The predicted molar refractivity (Wildman–Crippen MR) is 157 cm³/mol. The van der Waals surface area contributed by atoms with Crippen LogP contribution in [0.4, 0.5) is 17.3 Å². The van der Waals surface area contributed by atoms with Crippen molar-refractivity contribution in [1.82, 2.24) is 19.9 Å². The summed E-state index contributed by atoms with van der Waals surface area (Å²) in [5.41, 5.74) is 6.89. The fourth-order valence-corrected chi connectivity index (χ4v) is 5.48. The molecule has 0 atom stereocenters. The van der Waals surface area contributed by atoms with Gasteiger partial charge in [-0.25, -0.2) is 9.97 Å². The Bertz CT molecular complexity index is 1960. The standard InChI is InChI=1S/C34H21N5/c1-3-12-22(13-4-1)32-36-33(23-14-5-2-6-15-23)38-34(37-32)39-28-20-10-8-17-26(28)31-30-25(18-11-21-29(30)39)24-16-7-9-19-27(24)35-31/h1-21H. The van der Waals surface area contributed by atoms with E-state index in [1.54, 1.807) is 0 Å². The molecule has 8 rings (SSSR count). The first-order valence-electron chi connectivity index (χ1n) is 12.9. The van der Waals surface area contributed by atoms with Crippen LogP contribution in [0.2, 0.25) is 0 Å². The summed E-state index contributed by atoms with van der Waals surface area (Å²) in [5, 5.41) is 3.38. The number of aromatic nitrogens is 4. The third-order valence-electron chi connectivity index (χ3n) is 7.23. The second-order valence-electron chi connectivity index (χ2n) is 9.54. The summed E-state index contributed by atoms with van der Waals surface area (Å²) in [5.74, 6) is 1.83. The topological polar surface area (TPSA) is 54.8 Å². The van der Waals surface area contributed by atoms with Gasteiger partial charge in [-0.15, -0.1) is 0 Å². The zero-order valence-corrected chi connectivity index (χ0v) is 20.9. The van der Waals surface area contributed by atoms with Crippen LogP contribution in [0, 0.1) is 0 Å². The lowest BCUT2D eigenvalue weighted by molar-refractivity contribution is 1.02. The van der Waals surface area contributed by atoms with Crippen LogP contribution in [-0.4, -0.2) is 19.9 Å². The lowest BCUT2D eigenvalue weighted by Crippen LogP contribution is -2.19. The number of fused-ring (bicyclic) bond motifs is 4. The first-order valence-corrected chi connectivity index (χ1v) is 12.9. The van der Waals surface area contributed by atoms with E-state index < -0.39 is 0 Å². The molecule has 39 heavy (non-hydrogen) atoms. The van der Waals surface area contributed by atoms with E-state index in [4.69, 9.17) is 19.9 Å². The molecule has 0 bridgehead atoms. The highest BCUT2D eigenvalue weighted by Crippen LogP contribution is 2.50.